The maximum absolute atomic E-state index is 13.0. The molecule has 0 bridgehead atoms. The number of aliphatic carboxylic acids is 1. The van der Waals surface area contributed by atoms with Crippen molar-refractivity contribution in [2.24, 2.45) is 0 Å². The number of hydrogen-bond donors (Lipinski definition) is 1. The zero-order valence-electron chi connectivity index (χ0n) is 16.3. The molecule has 1 unspecified atom stereocenters. The number of amides is 1. The Bertz CT molecular complexity index is 658. The predicted octanol–water partition coefficient (Wildman–Crippen LogP) is 2.29. The summed E-state index contributed by atoms with van der Waals surface area (Å²) in [5.74, 6) is -0.704. The summed E-state index contributed by atoms with van der Waals surface area (Å²) in [4.78, 5) is 30.2. The second-order valence-corrected chi connectivity index (χ2v) is 7.87. The first-order chi connectivity index (χ1) is 13.0. The van der Waals surface area contributed by atoms with E-state index in [2.05, 4.69) is 11.0 Å². The molecule has 3 rings (SSSR count). The third-order valence-electron chi connectivity index (χ3n) is 5.77. The average Bonchev–Trinajstić information content (AvgIpc) is 3.02. The maximum Gasteiger partial charge on any atom is 0.317 e. The molecule has 2 heterocycles. The van der Waals surface area contributed by atoms with Gasteiger partial charge in [0.1, 0.15) is 0 Å². The van der Waals surface area contributed by atoms with Crippen molar-refractivity contribution in [3.63, 3.8) is 0 Å². The van der Waals surface area contributed by atoms with Crippen LogP contribution in [-0.2, 0) is 11.3 Å². The first kappa shape index (κ1) is 19.8. The molecule has 2 saturated heterocycles. The minimum Gasteiger partial charge on any atom is -0.480 e. The molecular formula is C21H31N3O3. The molecule has 2 fully saturated rings. The molecule has 148 valence electrons. The third-order valence-corrected chi connectivity index (χ3v) is 5.77. The molecular weight excluding hydrogens is 342 g/mol. The van der Waals surface area contributed by atoms with Crippen molar-refractivity contribution in [1.29, 1.82) is 0 Å². The minimum absolute atomic E-state index is 0.0527. The van der Waals surface area contributed by atoms with Crippen molar-refractivity contribution in [3.05, 3.63) is 35.4 Å². The molecule has 0 aromatic heterocycles. The van der Waals surface area contributed by atoms with Gasteiger partial charge in [-0.05, 0) is 69.9 Å². The number of rotatable bonds is 6. The number of benzene rings is 1. The first-order valence-electron chi connectivity index (χ1n) is 10.1. The number of carbonyl (C=O) groups is 2. The van der Waals surface area contributed by atoms with Crippen molar-refractivity contribution in [1.82, 2.24) is 14.7 Å². The number of carboxylic acids is 1. The Kier molecular flexibility index (Phi) is 6.85. The SMILES string of the molecule is CN(CC(=O)O)C1CCCN(C(=O)c2cccc(CN3CCCC3)c2)CC1. The fourth-order valence-corrected chi connectivity index (χ4v) is 4.25. The van der Waals surface area contributed by atoms with E-state index in [4.69, 9.17) is 5.11 Å². The van der Waals surface area contributed by atoms with Crippen LogP contribution in [0.1, 0.15) is 48.0 Å². The molecule has 1 atom stereocenters. The van der Waals surface area contributed by atoms with Gasteiger partial charge in [0.05, 0.1) is 6.54 Å². The van der Waals surface area contributed by atoms with Crippen LogP contribution in [0.5, 0.6) is 0 Å². The van der Waals surface area contributed by atoms with Gasteiger partial charge < -0.3 is 10.0 Å². The molecule has 1 aromatic rings. The predicted molar refractivity (Wildman–Crippen MR) is 105 cm³/mol. The van der Waals surface area contributed by atoms with Gasteiger partial charge in [0.15, 0.2) is 0 Å². The van der Waals surface area contributed by atoms with Gasteiger partial charge in [0, 0.05) is 31.2 Å². The van der Waals surface area contributed by atoms with Gasteiger partial charge in [-0.25, -0.2) is 0 Å². The van der Waals surface area contributed by atoms with E-state index in [1.54, 1.807) is 0 Å². The summed E-state index contributed by atoms with van der Waals surface area (Å²) < 4.78 is 0. The molecule has 0 aliphatic carbocycles. The molecule has 6 heteroatoms. The van der Waals surface area contributed by atoms with E-state index in [0.29, 0.717) is 6.54 Å². The van der Waals surface area contributed by atoms with E-state index >= 15 is 0 Å². The lowest BCUT2D eigenvalue weighted by Gasteiger charge is -2.25. The molecule has 0 spiro atoms. The van der Waals surface area contributed by atoms with Crippen LogP contribution < -0.4 is 0 Å². The highest BCUT2D eigenvalue weighted by molar-refractivity contribution is 5.94. The third kappa shape index (κ3) is 5.53. The van der Waals surface area contributed by atoms with Crippen LogP contribution in [-0.4, -0.2) is 77.5 Å². The van der Waals surface area contributed by atoms with Crippen molar-refractivity contribution in [2.45, 2.75) is 44.7 Å². The van der Waals surface area contributed by atoms with Crippen molar-refractivity contribution in [2.75, 3.05) is 39.8 Å². The van der Waals surface area contributed by atoms with E-state index in [9.17, 15) is 9.59 Å². The van der Waals surface area contributed by atoms with Gasteiger partial charge in [0.25, 0.3) is 5.91 Å². The summed E-state index contributed by atoms with van der Waals surface area (Å²) in [6.07, 6.45) is 5.20. The zero-order valence-corrected chi connectivity index (χ0v) is 16.3. The van der Waals surface area contributed by atoms with Crippen LogP contribution >= 0.6 is 0 Å². The highest BCUT2D eigenvalue weighted by Crippen LogP contribution is 2.19. The van der Waals surface area contributed by atoms with E-state index in [1.165, 1.54) is 18.4 Å². The Morgan fingerprint density at radius 2 is 1.89 bits per heavy atom. The Morgan fingerprint density at radius 1 is 1.11 bits per heavy atom. The highest BCUT2D eigenvalue weighted by Gasteiger charge is 2.24. The first-order valence-corrected chi connectivity index (χ1v) is 10.1. The minimum atomic E-state index is -0.801. The fraction of sp³-hybridized carbons (Fsp3) is 0.619. The molecule has 1 aromatic carbocycles. The lowest BCUT2D eigenvalue weighted by Crippen LogP contribution is -2.37. The van der Waals surface area contributed by atoms with Gasteiger partial charge in [-0.3, -0.25) is 19.4 Å². The second-order valence-electron chi connectivity index (χ2n) is 7.87. The summed E-state index contributed by atoms with van der Waals surface area (Å²) in [7, 11) is 1.86. The number of carboxylic acid groups (broad SMARTS) is 1. The highest BCUT2D eigenvalue weighted by atomic mass is 16.4. The molecule has 27 heavy (non-hydrogen) atoms. The molecule has 1 amide bonds. The van der Waals surface area contributed by atoms with E-state index < -0.39 is 5.97 Å². The molecule has 2 aliphatic heterocycles. The maximum atomic E-state index is 13.0. The summed E-state index contributed by atoms with van der Waals surface area (Å²) in [6.45, 7) is 4.70. The summed E-state index contributed by atoms with van der Waals surface area (Å²) in [5, 5.41) is 8.99. The lowest BCUT2D eigenvalue weighted by atomic mass is 10.1. The Hall–Kier alpha value is -1.92. The number of likely N-dealkylation sites (N-methyl/N-ethyl adjacent to an activating group) is 1. The normalized spacial score (nSPS) is 21.4. The molecule has 6 nitrogen and oxygen atoms in total. The van der Waals surface area contributed by atoms with Crippen LogP contribution in [0.25, 0.3) is 0 Å². The van der Waals surface area contributed by atoms with Crippen LogP contribution in [0.3, 0.4) is 0 Å². The van der Waals surface area contributed by atoms with Gasteiger partial charge in [0.2, 0.25) is 0 Å². The van der Waals surface area contributed by atoms with Gasteiger partial charge in [-0.15, -0.1) is 0 Å². The topological polar surface area (TPSA) is 64.1 Å². The summed E-state index contributed by atoms with van der Waals surface area (Å²) in [5.41, 5.74) is 1.97. The Labute approximate surface area is 161 Å². The standard InChI is InChI=1S/C21H31N3O3/c1-22(16-20(25)26)19-8-5-12-24(13-9-19)21(27)18-7-4-6-17(14-18)15-23-10-2-3-11-23/h4,6-7,14,19H,2-3,5,8-13,15-16H2,1H3,(H,25,26). The van der Waals surface area contributed by atoms with Crippen LogP contribution in [0.4, 0.5) is 0 Å². The number of likely N-dealkylation sites (tertiary alicyclic amines) is 2. The van der Waals surface area contributed by atoms with Crippen LogP contribution in [0, 0.1) is 0 Å². The van der Waals surface area contributed by atoms with Crippen molar-refractivity contribution >= 4 is 11.9 Å². The lowest BCUT2D eigenvalue weighted by molar-refractivity contribution is -0.138. The average molecular weight is 373 g/mol. The van der Waals surface area contributed by atoms with Gasteiger partial charge >= 0.3 is 5.97 Å². The largest absolute Gasteiger partial charge is 0.480 e. The number of hydrogen-bond acceptors (Lipinski definition) is 4. The Morgan fingerprint density at radius 3 is 2.63 bits per heavy atom. The van der Waals surface area contributed by atoms with Gasteiger partial charge in [-0.1, -0.05) is 12.1 Å². The second kappa shape index (κ2) is 9.33. The van der Waals surface area contributed by atoms with Gasteiger partial charge in [-0.2, -0.15) is 0 Å². The molecule has 0 saturated carbocycles. The zero-order chi connectivity index (χ0) is 19.2. The summed E-state index contributed by atoms with van der Waals surface area (Å²) >= 11 is 0. The van der Waals surface area contributed by atoms with E-state index in [0.717, 1.165) is 51.0 Å². The molecule has 1 N–H and O–H groups in total. The monoisotopic (exact) mass is 373 g/mol. The Balaban J connectivity index is 1.59. The summed E-state index contributed by atoms with van der Waals surface area (Å²) in [6, 6.07) is 8.27. The number of carbonyl (C=O) groups excluding carboxylic acids is 1. The van der Waals surface area contributed by atoms with Crippen LogP contribution in [0.15, 0.2) is 24.3 Å². The van der Waals surface area contributed by atoms with Crippen molar-refractivity contribution < 1.29 is 14.7 Å². The van der Waals surface area contributed by atoms with Crippen molar-refractivity contribution in [3.8, 4) is 0 Å². The quantitative estimate of drug-likeness (QED) is 0.829. The van der Waals surface area contributed by atoms with Crippen LogP contribution in [0.2, 0.25) is 0 Å². The van der Waals surface area contributed by atoms with E-state index in [1.807, 2.05) is 35.0 Å². The fourth-order valence-electron chi connectivity index (χ4n) is 4.25. The smallest absolute Gasteiger partial charge is 0.317 e. The molecule has 2 aliphatic rings. The number of nitrogens with zero attached hydrogens (tertiary/aromatic N) is 3. The van der Waals surface area contributed by atoms with E-state index in [-0.39, 0.29) is 18.5 Å². The molecule has 0 radical (unpaired) electrons.